The van der Waals surface area contributed by atoms with Gasteiger partial charge < -0.3 is 14.2 Å². The number of rotatable bonds is 10. The molecule has 0 amide bonds. The van der Waals surface area contributed by atoms with Gasteiger partial charge in [0.05, 0.1) is 37.5 Å². The van der Waals surface area contributed by atoms with Crippen molar-refractivity contribution in [3.63, 3.8) is 0 Å². The van der Waals surface area contributed by atoms with Gasteiger partial charge in [0.1, 0.15) is 0 Å². The Labute approximate surface area is 211 Å². The zero-order valence-electron chi connectivity index (χ0n) is 20.3. The monoisotopic (exact) mass is 533 g/mol. The first-order valence-electron chi connectivity index (χ1n) is 11.9. The number of carbonyl (C=O) groups excluding carboxylic acids is 1. The van der Waals surface area contributed by atoms with Crippen molar-refractivity contribution < 1.29 is 45.3 Å². The maximum absolute atomic E-state index is 13.2. The lowest BCUT2D eigenvalue weighted by Crippen LogP contribution is -2.46. The van der Waals surface area contributed by atoms with Crippen molar-refractivity contribution in [3.8, 4) is 0 Å². The predicted molar refractivity (Wildman–Crippen MR) is 122 cm³/mol. The zero-order chi connectivity index (χ0) is 27.1. The fourth-order valence-corrected chi connectivity index (χ4v) is 4.24. The Hall–Kier alpha value is -2.63. The third-order valence-corrected chi connectivity index (χ3v) is 6.07. The summed E-state index contributed by atoms with van der Waals surface area (Å²) in [6.45, 7) is 1.00. The van der Waals surface area contributed by atoms with Crippen LogP contribution in [-0.4, -0.2) is 44.0 Å². The number of halogens is 6. The van der Waals surface area contributed by atoms with Crippen LogP contribution < -0.4 is 0 Å². The smallest absolute Gasteiger partial charge is 0.416 e. The van der Waals surface area contributed by atoms with Crippen molar-refractivity contribution in [2.45, 2.75) is 57.0 Å². The van der Waals surface area contributed by atoms with E-state index >= 15 is 0 Å². The number of ether oxygens (including phenoxy) is 3. The SMILES string of the molecule is COC(=O)CCCCCN1CCOC(OCc2cc(C(F)(F)F)cc(C(F)(F)F)c2)C1c1ccccc1. The first-order valence-corrected chi connectivity index (χ1v) is 11.9. The normalized spacial score (nSPS) is 19.1. The number of carbonyl (C=O) groups is 1. The van der Waals surface area contributed by atoms with Crippen molar-refractivity contribution in [2.24, 2.45) is 0 Å². The van der Waals surface area contributed by atoms with Gasteiger partial charge in [0.25, 0.3) is 0 Å². The number of nitrogens with zero attached hydrogens (tertiary/aromatic N) is 1. The van der Waals surface area contributed by atoms with E-state index in [4.69, 9.17) is 9.47 Å². The van der Waals surface area contributed by atoms with E-state index in [1.807, 2.05) is 30.3 Å². The van der Waals surface area contributed by atoms with E-state index in [-0.39, 0.29) is 24.2 Å². The van der Waals surface area contributed by atoms with E-state index in [2.05, 4.69) is 9.64 Å². The molecule has 2 aromatic carbocycles. The lowest BCUT2D eigenvalue weighted by molar-refractivity contribution is -0.216. The Balaban J connectivity index is 1.75. The van der Waals surface area contributed by atoms with Crippen LogP contribution in [-0.2, 0) is 38.0 Å². The molecule has 2 unspecified atom stereocenters. The number of esters is 1. The molecule has 0 saturated carbocycles. The molecular formula is C26H29F6NO4. The first kappa shape index (κ1) is 28.9. The molecule has 0 spiro atoms. The van der Waals surface area contributed by atoms with Gasteiger partial charge in [0, 0.05) is 13.0 Å². The summed E-state index contributed by atoms with van der Waals surface area (Å²) >= 11 is 0. The second-order valence-corrected chi connectivity index (χ2v) is 8.74. The highest BCUT2D eigenvalue weighted by atomic mass is 19.4. The summed E-state index contributed by atoms with van der Waals surface area (Å²) in [5.41, 5.74) is -2.18. The highest BCUT2D eigenvalue weighted by Gasteiger charge is 2.38. The van der Waals surface area contributed by atoms with Gasteiger partial charge in [-0.2, -0.15) is 26.3 Å². The van der Waals surface area contributed by atoms with Gasteiger partial charge in [-0.15, -0.1) is 0 Å². The van der Waals surface area contributed by atoms with Crippen LogP contribution in [0.2, 0.25) is 0 Å². The fraction of sp³-hybridized carbons (Fsp3) is 0.500. The van der Waals surface area contributed by atoms with Gasteiger partial charge in [-0.25, -0.2) is 0 Å². The topological polar surface area (TPSA) is 48.0 Å². The van der Waals surface area contributed by atoms with Crippen LogP contribution >= 0.6 is 0 Å². The molecule has 37 heavy (non-hydrogen) atoms. The highest BCUT2D eigenvalue weighted by Crippen LogP contribution is 2.37. The lowest BCUT2D eigenvalue weighted by Gasteiger charge is -2.41. The average Bonchev–Trinajstić information content (AvgIpc) is 2.86. The van der Waals surface area contributed by atoms with Crippen LogP contribution in [0.3, 0.4) is 0 Å². The summed E-state index contributed by atoms with van der Waals surface area (Å²) in [4.78, 5) is 13.4. The molecule has 0 aromatic heterocycles. The third kappa shape index (κ3) is 8.44. The van der Waals surface area contributed by atoms with Crippen LogP contribution in [0.5, 0.6) is 0 Å². The largest absolute Gasteiger partial charge is 0.469 e. The minimum absolute atomic E-state index is 0.0926. The predicted octanol–water partition coefficient (Wildman–Crippen LogP) is 6.37. The van der Waals surface area contributed by atoms with Crippen molar-refractivity contribution >= 4 is 5.97 Å². The molecule has 2 atom stereocenters. The molecule has 0 radical (unpaired) electrons. The van der Waals surface area contributed by atoms with Gasteiger partial charge in [-0.1, -0.05) is 36.8 Å². The van der Waals surface area contributed by atoms with Gasteiger partial charge >= 0.3 is 18.3 Å². The van der Waals surface area contributed by atoms with Crippen molar-refractivity contribution in [1.29, 1.82) is 0 Å². The minimum atomic E-state index is -4.94. The lowest BCUT2D eigenvalue weighted by atomic mass is 10.0. The number of hydrogen-bond donors (Lipinski definition) is 0. The van der Waals surface area contributed by atoms with Crippen molar-refractivity contribution in [1.82, 2.24) is 4.90 Å². The second-order valence-electron chi connectivity index (χ2n) is 8.74. The molecule has 0 N–H and O–H groups in total. The average molecular weight is 534 g/mol. The van der Waals surface area contributed by atoms with Gasteiger partial charge in [0.2, 0.25) is 0 Å². The minimum Gasteiger partial charge on any atom is -0.469 e. The molecule has 3 rings (SSSR count). The molecule has 1 fully saturated rings. The molecule has 0 aliphatic carbocycles. The summed E-state index contributed by atoms with van der Waals surface area (Å²) < 4.78 is 95.7. The van der Waals surface area contributed by atoms with E-state index in [0.29, 0.717) is 38.1 Å². The summed E-state index contributed by atoms with van der Waals surface area (Å²) in [6, 6.07) is 10.2. The number of alkyl halides is 6. The summed E-state index contributed by atoms with van der Waals surface area (Å²) in [6.07, 6.45) is -8.23. The van der Waals surface area contributed by atoms with E-state index in [0.717, 1.165) is 18.4 Å². The fourth-order valence-electron chi connectivity index (χ4n) is 4.24. The molecule has 1 saturated heterocycles. The molecule has 1 aliphatic heterocycles. The number of methoxy groups -OCH3 is 1. The molecule has 204 valence electrons. The molecule has 5 nitrogen and oxygen atoms in total. The molecule has 2 aromatic rings. The molecular weight excluding hydrogens is 504 g/mol. The van der Waals surface area contributed by atoms with Crippen LogP contribution in [0.25, 0.3) is 0 Å². The Morgan fingerprint density at radius 3 is 2.22 bits per heavy atom. The molecule has 1 heterocycles. The van der Waals surface area contributed by atoms with Crippen LogP contribution in [0, 0.1) is 0 Å². The van der Waals surface area contributed by atoms with Gasteiger partial charge in [-0.05, 0) is 48.7 Å². The van der Waals surface area contributed by atoms with Gasteiger partial charge in [0.15, 0.2) is 6.29 Å². The van der Waals surface area contributed by atoms with Crippen LogP contribution in [0.15, 0.2) is 48.5 Å². The number of benzene rings is 2. The standard InChI is InChI=1S/C26H29F6NO4/c1-35-22(34)10-6-3-7-11-33-12-13-36-24(23(33)19-8-4-2-5-9-19)37-17-18-14-20(25(27,28)29)16-21(15-18)26(30,31)32/h2,4-5,8-9,14-16,23-24H,3,6-7,10-13,17H2,1H3. The van der Waals surface area contributed by atoms with Gasteiger partial charge in [-0.3, -0.25) is 9.69 Å². The molecule has 0 bridgehead atoms. The second kappa shape index (κ2) is 12.7. The van der Waals surface area contributed by atoms with E-state index in [9.17, 15) is 31.1 Å². The Morgan fingerprint density at radius 1 is 0.973 bits per heavy atom. The Morgan fingerprint density at radius 2 is 1.62 bits per heavy atom. The third-order valence-electron chi connectivity index (χ3n) is 6.07. The maximum Gasteiger partial charge on any atom is 0.416 e. The van der Waals surface area contributed by atoms with Crippen molar-refractivity contribution in [3.05, 3.63) is 70.8 Å². The molecule has 1 aliphatic rings. The summed E-state index contributed by atoms with van der Waals surface area (Å²) in [5, 5.41) is 0. The number of morpholine rings is 1. The Bertz CT molecular complexity index is 980. The zero-order valence-corrected chi connectivity index (χ0v) is 20.3. The Kier molecular flexibility index (Phi) is 9.97. The first-order chi connectivity index (χ1) is 17.5. The van der Waals surface area contributed by atoms with Crippen molar-refractivity contribution in [2.75, 3.05) is 26.8 Å². The maximum atomic E-state index is 13.2. The van der Waals surface area contributed by atoms with E-state index in [1.165, 1.54) is 7.11 Å². The number of hydrogen-bond acceptors (Lipinski definition) is 5. The van der Waals surface area contributed by atoms with Crippen LogP contribution in [0.1, 0.15) is 54.0 Å². The highest BCUT2D eigenvalue weighted by molar-refractivity contribution is 5.68. The summed E-state index contributed by atoms with van der Waals surface area (Å²) in [7, 11) is 1.34. The number of unbranched alkanes of at least 4 members (excludes halogenated alkanes) is 2. The quantitative estimate of drug-likeness (QED) is 0.202. The molecule has 11 heteroatoms. The van der Waals surface area contributed by atoms with E-state index in [1.54, 1.807) is 0 Å². The van der Waals surface area contributed by atoms with E-state index < -0.39 is 42.4 Å². The summed E-state index contributed by atoms with van der Waals surface area (Å²) in [5.74, 6) is -0.273. The van der Waals surface area contributed by atoms with Crippen LogP contribution in [0.4, 0.5) is 26.3 Å².